The summed E-state index contributed by atoms with van der Waals surface area (Å²) < 4.78 is 0. The number of nitrogens with one attached hydrogen (secondary N) is 2. The summed E-state index contributed by atoms with van der Waals surface area (Å²) in [7, 11) is 0. The number of thiazole rings is 1. The number of aromatic nitrogens is 1. The van der Waals surface area contributed by atoms with Crippen molar-refractivity contribution in [1.29, 1.82) is 0 Å². The molecule has 1 aromatic heterocycles. The van der Waals surface area contributed by atoms with Crippen molar-refractivity contribution in [3.63, 3.8) is 0 Å². The highest BCUT2D eigenvalue weighted by molar-refractivity contribution is 7.11. The lowest BCUT2D eigenvalue weighted by atomic mass is 9.73. The van der Waals surface area contributed by atoms with E-state index in [1.54, 1.807) is 11.3 Å². The van der Waals surface area contributed by atoms with Crippen LogP contribution >= 0.6 is 11.3 Å². The second kappa shape index (κ2) is 8.81. The molecule has 2 unspecified atom stereocenters. The molecule has 0 spiro atoms. The molecule has 1 heterocycles. The molecule has 2 atom stereocenters. The van der Waals surface area contributed by atoms with E-state index in [0.29, 0.717) is 6.54 Å². The monoisotopic (exact) mass is 352 g/mol. The molecule has 1 fully saturated rings. The standard InChI is InChI=1S/C18H32N4OS/c1-5-19-17(20-11-9-16-22-13(2)14(3)24-16)21-12-18(4)10-7-6-8-15(18)23/h15,23H,5-12H2,1-4H3,(H2,19,20,21). The van der Waals surface area contributed by atoms with Gasteiger partial charge < -0.3 is 15.7 Å². The molecular formula is C18H32N4OS. The molecule has 1 aliphatic carbocycles. The highest BCUT2D eigenvalue weighted by Crippen LogP contribution is 2.36. The van der Waals surface area contributed by atoms with Gasteiger partial charge in [0, 0.05) is 29.8 Å². The number of guanidine groups is 1. The molecule has 0 aromatic carbocycles. The first kappa shape index (κ1) is 19.2. The normalized spacial score (nSPS) is 24.9. The van der Waals surface area contributed by atoms with Gasteiger partial charge in [-0.15, -0.1) is 11.3 Å². The fourth-order valence-electron chi connectivity index (χ4n) is 3.10. The Kier molecular flexibility index (Phi) is 7.04. The number of aliphatic imine (C=N–C) groups is 1. The van der Waals surface area contributed by atoms with E-state index in [2.05, 4.69) is 43.3 Å². The van der Waals surface area contributed by atoms with Crippen LogP contribution in [0, 0.1) is 19.3 Å². The van der Waals surface area contributed by atoms with Crippen LogP contribution in [0.4, 0.5) is 0 Å². The van der Waals surface area contributed by atoms with Crippen LogP contribution in [0.3, 0.4) is 0 Å². The molecule has 2 rings (SSSR count). The third-order valence-electron chi connectivity index (χ3n) is 4.93. The van der Waals surface area contributed by atoms with Crippen LogP contribution < -0.4 is 10.6 Å². The van der Waals surface area contributed by atoms with E-state index < -0.39 is 0 Å². The third-order valence-corrected chi connectivity index (χ3v) is 6.06. The van der Waals surface area contributed by atoms with Crippen molar-refractivity contribution in [2.24, 2.45) is 10.4 Å². The first-order valence-corrected chi connectivity index (χ1v) is 9.89. The Morgan fingerprint density at radius 3 is 2.79 bits per heavy atom. The van der Waals surface area contributed by atoms with Gasteiger partial charge in [-0.25, -0.2) is 4.98 Å². The summed E-state index contributed by atoms with van der Waals surface area (Å²) in [4.78, 5) is 10.6. The lowest BCUT2D eigenvalue weighted by Gasteiger charge is -2.37. The number of hydrogen-bond donors (Lipinski definition) is 3. The van der Waals surface area contributed by atoms with E-state index in [9.17, 15) is 5.11 Å². The Hall–Kier alpha value is -1.14. The van der Waals surface area contributed by atoms with Crippen molar-refractivity contribution in [2.45, 2.75) is 65.9 Å². The average Bonchev–Trinajstić information content (AvgIpc) is 2.86. The summed E-state index contributed by atoms with van der Waals surface area (Å²) >= 11 is 1.77. The predicted molar refractivity (Wildman–Crippen MR) is 102 cm³/mol. The maximum atomic E-state index is 10.3. The predicted octanol–water partition coefficient (Wildman–Crippen LogP) is 2.80. The maximum Gasteiger partial charge on any atom is 0.191 e. The van der Waals surface area contributed by atoms with Gasteiger partial charge in [0.05, 0.1) is 23.4 Å². The molecule has 1 aromatic rings. The van der Waals surface area contributed by atoms with Crippen LogP contribution in [0.5, 0.6) is 0 Å². The smallest absolute Gasteiger partial charge is 0.191 e. The number of nitrogens with zero attached hydrogens (tertiary/aromatic N) is 2. The Bertz CT molecular complexity index is 538. The second-order valence-electron chi connectivity index (χ2n) is 7.04. The van der Waals surface area contributed by atoms with Gasteiger partial charge in [-0.3, -0.25) is 4.99 Å². The summed E-state index contributed by atoms with van der Waals surface area (Å²) in [6, 6.07) is 0. The molecule has 24 heavy (non-hydrogen) atoms. The zero-order chi connectivity index (χ0) is 17.6. The van der Waals surface area contributed by atoms with Gasteiger partial charge in [-0.2, -0.15) is 0 Å². The zero-order valence-corrected chi connectivity index (χ0v) is 16.3. The van der Waals surface area contributed by atoms with E-state index >= 15 is 0 Å². The summed E-state index contributed by atoms with van der Waals surface area (Å²) in [6.07, 6.45) is 4.94. The lowest BCUT2D eigenvalue weighted by Crippen LogP contribution is -2.42. The summed E-state index contributed by atoms with van der Waals surface area (Å²) in [5, 5.41) is 18.2. The van der Waals surface area contributed by atoms with Gasteiger partial charge >= 0.3 is 0 Å². The molecule has 3 N–H and O–H groups in total. The molecule has 1 aliphatic rings. The fraction of sp³-hybridized carbons (Fsp3) is 0.778. The minimum absolute atomic E-state index is 0.0931. The van der Waals surface area contributed by atoms with E-state index in [-0.39, 0.29) is 11.5 Å². The Labute approximate surface area is 150 Å². The third kappa shape index (κ3) is 5.18. The lowest BCUT2D eigenvalue weighted by molar-refractivity contribution is 0.00716. The number of aliphatic hydroxyl groups excluding tert-OH is 1. The zero-order valence-electron chi connectivity index (χ0n) is 15.5. The number of aliphatic hydroxyl groups is 1. The minimum atomic E-state index is -0.237. The van der Waals surface area contributed by atoms with Crippen LogP contribution in [0.15, 0.2) is 4.99 Å². The highest BCUT2D eigenvalue weighted by atomic mass is 32.1. The van der Waals surface area contributed by atoms with E-state index in [4.69, 9.17) is 4.99 Å². The van der Waals surface area contributed by atoms with Crippen molar-refractivity contribution in [2.75, 3.05) is 19.6 Å². The number of rotatable bonds is 6. The molecule has 1 saturated carbocycles. The molecule has 0 aliphatic heterocycles. The van der Waals surface area contributed by atoms with Crippen LogP contribution in [-0.4, -0.2) is 41.8 Å². The average molecular weight is 353 g/mol. The van der Waals surface area contributed by atoms with Gasteiger partial charge in [0.1, 0.15) is 0 Å². The topological polar surface area (TPSA) is 69.5 Å². The molecule has 0 saturated heterocycles. The SMILES string of the molecule is CCNC(=NCC1(C)CCCCC1O)NCCc1nc(C)c(C)s1. The quantitative estimate of drug-likeness (QED) is 0.544. The van der Waals surface area contributed by atoms with Crippen molar-refractivity contribution in [1.82, 2.24) is 15.6 Å². The van der Waals surface area contributed by atoms with Crippen LogP contribution in [0.25, 0.3) is 0 Å². The molecule has 136 valence electrons. The van der Waals surface area contributed by atoms with Gasteiger partial charge in [0.2, 0.25) is 0 Å². The van der Waals surface area contributed by atoms with E-state index in [1.807, 2.05) is 0 Å². The van der Waals surface area contributed by atoms with Gasteiger partial charge in [-0.1, -0.05) is 19.8 Å². The van der Waals surface area contributed by atoms with Crippen molar-refractivity contribution in [3.05, 3.63) is 15.6 Å². The molecule has 0 radical (unpaired) electrons. The van der Waals surface area contributed by atoms with Gasteiger partial charge in [0.25, 0.3) is 0 Å². The summed E-state index contributed by atoms with van der Waals surface area (Å²) in [6.45, 7) is 10.7. The molecule has 0 bridgehead atoms. The minimum Gasteiger partial charge on any atom is -0.392 e. The van der Waals surface area contributed by atoms with E-state index in [1.165, 1.54) is 16.3 Å². The molecule has 5 nitrogen and oxygen atoms in total. The molecule has 0 amide bonds. The summed E-state index contributed by atoms with van der Waals surface area (Å²) in [5.41, 5.74) is 1.04. The first-order valence-electron chi connectivity index (χ1n) is 9.08. The van der Waals surface area contributed by atoms with Crippen LogP contribution in [-0.2, 0) is 6.42 Å². The summed E-state index contributed by atoms with van der Waals surface area (Å²) in [5.74, 6) is 0.835. The Morgan fingerprint density at radius 2 is 2.17 bits per heavy atom. The number of aryl methyl sites for hydroxylation is 2. The number of hydrogen-bond acceptors (Lipinski definition) is 4. The first-order chi connectivity index (χ1) is 11.4. The Balaban J connectivity index is 1.88. The van der Waals surface area contributed by atoms with Crippen LogP contribution in [0.1, 0.15) is 55.1 Å². The molecule has 6 heteroatoms. The van der Waals surface area contributed by atoms with Gasteiger partial charge in [0.15, 0.2) is 5.96 Å². The largest absolute Gasteiger partial charge is 0.392 e. The fourth-order valence-corrected chi connectivity index (χ4v) is 4.03. The maximum absolute atomic E-state index is 10.3. The van der Waals surface area contributed by atoms with Crippen molar-refractivity contribution < 1.29 is 5.11 Å². The van der Waals surface area contributed by atoms with E-state index in [0.717, 1.165) is 50.4 Å². The second-order valence-corrected chi connectivity index (χ2v) is 8.32. The Morgan fingerprint density at radius 1 is 1.38 bits per heavy atom. The molecular weight excluding hydrogens is 320 g/mol. The van der Waals surface area contributed by atoms with Crippen LogP contribution in [0.2, 0.25) is 0 Å². The van der Waals surface area contributed by atoms with Crippen molar-refractivity contribution >= 4 is 17.3 Å². The van der Waals surface area contributed by atoms with Gasteiger partial charge in [-0.05, 0) is 33.6 Å². The highest BCUT2D eigenvalue weighted by Gasteiger charge is 2.35. The van der Waals surface area contributed by atoms with Crippen molar-refractivity contribution in [3.8, 4) is 0 Å².